The highest BCUT2D eigenvalue weighted by Crippen LogP contribution is 2.27. The van der Waals surface area contributed by atoms with Gasteiger partial charge in [0.2, 0.25) is 6.10 Å². The Labute approximate surface area is 99.5 Å². The smallest absolute Gasteiger partial charge is 0.449 e. The first-order valence-corrected chi connectivity index (χ1v) is 5.09. The summed E-state index contributed by atoms with van der Waals surface area (Å²) in [4.78, 5) is 26.9. The van der Waals surface area contributed by atoms with Crippen LogP contribution >= 0.6 is 0 Å². The number of aromatic amines is 1. The van der Waals surface area contributed by atoms with Crippen LogP contribution in [-0.4, -0.2) is 42.7 Å². The number of H-pyrrole nitrogens is 1. The molecule has 1 aromatic heterocycles. The summed E-state index contributed by atoms with van der Waals surface area (Å²) in [5.41, 5.74) is 7.15. The maximum Gasteiger partial charge on any atom is 0.479 e. The van der Waals surface area contributed by atoms with Gasteiger partial charge in [0.25, 0.3) is 5.56 Å². The van der Waals surface area contributed by atoms with Crippen molar-refractivity contribution in [2.45, 2.75) is 24.9 Å². The number of hydrogen-bond acceptors (Lipinski definition) is 4. The molecule has 0 aliphatic carbocycles. The van der Waals surface area contributed by atoms with Crippen LogP contribution < -0.4 is 11.2 Å². The second-order valence-corrected chi connectivity index (χ2v) is 3.79. The summed E-state index contributed by atoms with van der Waals surface area (Å²) in [6, 6.07) is 1.13. The molecule has 0 saturated carbocycles. The highest BCUT2D eigenvalue weighted by Gasteiger charge is 2.43. The first kappa shape index (κ1) is 12.2. The second kappa shape index (κ2) is 4.57. The summed E-state index contributed by atoms with van der Waals surface area (Å²) in [5.74, 6) is -0.775. The number of nitrogens with zero attached hydrogens (tertiary/aromatic N) is 3. The van der Waals surface area contributed by atoms with Crippen LogP contribution in [0.2, 0.25) is 0 Å². The molecule has 1 aromatic rings. The first-order chi connectivity index (χ1) is 8.52. The summed E-state index contributed by atoms with van der Waals surface area (Å²) < 4.78 is 6.25. The fourth-order valence-corrected chi connectivity index (χ4v) is 1.77. The SMILES string of the molecule is [N-]=[N+]=C(O)[C@H]1O[C@@H](n2ccc(=O)[nH]c2=O)C[C@@H]1O. The van der Waals surface area contributed by atoms with Gasteiger partial charge in [-0.3, -0.25) is 14.3 Å². The van der Waals surface area contributed by atoms with Crippen molar-refractivity contribution in [2.75, 3.05) is 0 Å². The molecule has 0 bridgehead atoms. The average molecular weight is 254 g/mol. The molecule has 2 rings (SSSR count). The molecule has 1 fully saturated rings. The number of ether oxygens (including phenoxy) is 1. The molecule has 18 heavy (non-hydrogen) atoms. The molecule has 1 saturated heterocycles. The zero-order chi connectivity index (χ0) is 13.3. The Hall–Kier alpha value is -2.22. The van der Waals surface area contributed by atoms with Gasteiger partial charge in [0.05, 0.1) is 6.10 Å². The molecule has 1 aliphatic rings. The van der Waals surface area contributed by atoms with E-state index in [1.807, 2.05) is 4.98 Å². The molecule has 0 amide bonds. The molecule has 0 spiro atoms. The highest BCUT2D eigenvalue weighted by molar-refractivity contribution is 5.74. The molecule has 9 nitrogen and oxygen atoms in total. The molecule has 1 aliphatic heterocycles. The van der Waals surface area contributed by atoms with Crippen molar-refractivity contribution < 1.29 is 19.7 Å². The Kier molecular flexibility index (Phi) is 3.11. The van der Waals surface area contributed by atoms with E-state index >= 15 is 0 Å². The molecule has 3 atom stereocenters. The fourth-order valence-electron chi connectivity index (χ4n) is 1.77. The van der Waals surface area contributed by atoms with Gasteiger partial charge in [-0.25, -0.2) is 4.79 Å². The van der Waals surface area contributed by atoms with Gasteiger partial charge in [-0.2, -0.15) is 0 Å². The van der Waals surface area contributed by atoms with Gasteiger partial charge in [-0.1, -0.05) is 0 Å². The predicted molar refractivity (Wildman–Crippen MR) is 57.1 cm³/mol. The van der Waals surface area contributed by atoms with E-state index in [0.29, 0.717) is 0 Å². The Morgan fingerprint density at radius 3 is 2.94 bits per heavy atom. The summed E-state index contributed by atoms with van der Waals surface area (Å²) in [6.45, 7) is 0. The monoisotopic (exact) mass is 254 g/mol. The van der Waals surface area contributed by atoms with E-state index in [1.165, 1.54) is 6.20 Å². The van der Waals surface area contributed by atoms with Crippen molar-refractivity contribution in [1.82, 2.24) is 9.55 Å². The highest BCUT2D eigenvalue weighted by atomic mass is 16.5. The largest absolute Gasteiger partial charge is 0.479 e. The number of aliphatic hydroxyl groups is 2. The van der Waals surface area contributed by atoms with Crippen LogP contribution in [-0.2, 0) is 4.74 Å². The van der Waals surface area contributed by atoms with E-state index in [2.05, 4.69) is 4.79 Å². The van der Waals surface area contributed by atoms with Gasteiger partial charge in [0, 0.05) is 18.7 Å². The number of nitrogens with one attached hydrogen (secondary N) is 1. The first-order valence-electron chi connectivity index (χ1n) is 5.09. The van der Waals surface area contributed by atoms with E-state index in [-0.39, 0.29) is 6.42 Å². The van der Waals surface area contributed by atoms with E-state index in [9.17, 15) is 19.8 Å². The number of aromatic nitrogens is 2. The maximum absolute atomic E-state index is 11.5. The van der Waals surface area contributed by atoms with Crippen LogP contribution in [0.15, 0.2) is 21.9 Å². The van der Waals surface area contributed by atoms with Gasteiger partial charge in [0.1, 0.15) is 6.23 Å². The zero-order valence-corrected chi connectivity index (χ0v) is 9.05. The van der Waals surface area contributed by atoms with Crippen LogP contribution in [0.5, 0.6) is 0 Å². The molecule has 2 heterocycles. The van der Waals surface area contributed by atoms with Crippen LogP contribution in [0.25, 0.3) is 5.53 Å². The van der Waals surface area contributed by atoms with Gasteiger partial charge in [-0.05, 0) is 0 Å². The van der Waals surface area contributed by atoms with Gasteiger partial charge >= 0.3 is 11.6 Å². The minimum atomic E-state index is -1.21. The fraction of sp³-hybridized carbons (Fsp3) is 0.444. The minimum absolute atomic E-state index is 0.0101. The van der Waals surface area contributed by atoms with Crippen LogP contribution in [0.4, 0.5) is 0 Å². The molecule has 9 heteroatoms. The van der Waals surface area contributed by atoms with E-state index in [0.717, 1.165) is 10.6 Å². The van der Waals surface area contributed by atoms with Crippen molar-refractivity contribution in [3.63, 3.8) is 0 Å². The van der Waals surface area contributed by atoms with E-state index < -0.39 is 35.6 Å². The average Bonchev–Trinajstić information content (AvgIpc) is 2.70. The Bertz CT molecular complexity index is 614. The predicted octanol–water partition coefficient (Wildman–Crippen LogP) is -1.63. The summed E-state index contributed by atoms with van der Waals surface area (Å²) in [7, 11) is 0. The van der Waals surface area contributed by atoms with Crippen molar-refractivity contribution in [3.8, 4) is 0 Å². The topological polar surface area (TPSA) is 141 Å². The normalized spacial score (nSPS) is 26.8. The van der Waals surface area contributed by atoms with Crippen LogP contribution in [0.1, 0.15) is 12.6 Å². The molecule has 96 valence electrons. The van der Waals surface area contributed by atoms with Crippen molar-refractivity contribution in [3.05, 3.63) is 38.6 Å². The third kappa shape index (κ3) is 2.09. The molecular formula is C9H10N4O5. The van der Waals surface area contributed by atoms with Crippen LogP contribution in [0, 0.1) is 0 Å². The summed E-state index contributed by atoms with van der Waals surface area (Å²) in [6.07, 6.45) is -1.97. The lowest BCUT2D eigenvalue weighted by atomic mass is 10.2. The van der Waals surface area contributed by atoms with E-state index in [4.69, 9.17) is 10.3 Å². The minimum Gasteiger partial charge on any atom is -0.449 e. The second-order valence-electron chi connectivity index (χ2n) is 3.79. The molecule has 0 radical (unpaired) electrons. The summed E-state index contributed by atoms with van der Waals surface area (Å²) in [5, 5.41) is 18.8. The van der Waals surface area contributed by atoms with Crippen molar-refractivity contribution in [1.29, 1.82) is 0 Å². The van der Waals surface area contributed by atoms with Gasteiger partial charge in [0.15, 0.2) is 0 Å². The third-order valence-electron chi connectivity index (χ3n) is 2.61. The standard InChI is InChI=1S/C9H10N4O5/c10-12-8(16)7-4(14)3-6(18-7)13-2-1-5(15)11-9(13)17/h1-2,4,6-7,14,16H,3H2,(H,11,15,17)/t4-,6+,7-/m0/s1. The van der Waals surface area contributed by atoms with Gasteiger partial charge in [-0.15, -0.1) is 4.79 Å². The van der Waals surface area contributed by atoms with Crippen LogP contribution in [0.3, 0.4) is 0 Å². The lowest BCUT2D eigenvalue weighted by Gasteiger charge is -2.11. The lowest BCUT2D eigenvalue weighted by molar-refractivity contribution is -0.0744. The molecule has 0 aromatic carbocycles. The number of rotatable bonds is 2. The van der Waals surface area contributed by atoms with Gasteiger partial charge < -0.3 is 20.5 Å². The lowest BCUT2D eigenvalue weighted by Crippen LogP contribution is -2.33. The third-order valence-corrected chi connectivity index (χ3v) is 2.61. The molecule has 3 N–H and O–H groups in total. The Morgan fingerprint density at radius 2 is 2.33 bits per heavy atom. The number of aliphatic hydroxyl groups excluding tert-OH is 2. The molecular weight excluding hydrogens is 244 g/mol. The van der Waals surface area contributed by atoms with Crippen molar-refractivity contribution in [2.24, 2.45) is 0 Å². The zero-order valence-electron chi connectivity index (χ0n) is 9.05. The van der Waals surface area contributed by atoms with E-state index in [1.54, 1.807) is 0 Å². The summed E-state index contributed by atoms with van der Waals surface area (Å²) >= 11 is 0. The Balaban J connectivity index is 2.30. The quantitative estimate of drug-likeness (QED) is 0.251. The molecule has 0 unspecified atom stereocenters. The van der Waals surface area contributed by atoms with Crippen molar-refractivity contribution >= 4 is 5.90 Å². The number of hydrogen-bond donors (Lipinski definition) is 3. The Morgan fingerprint density at radius 1 is 1.61 bits per heavy atom. The maximum atomic E-state index is 11.5.